The van der Waals surface area contributed by atoms with Crippen molar-refractivity contribution >= 4 is 22.5 Å². The topological polar surface area (TPSA) is 33.0 Å². The normalized spacial score (nSPS) is 10.4. The molecule has 0 bridgehead atoms. The van der Waals surface area contributed by atoms with Crippen LogP contribution in [-0.4, -0.2) is 12.4 Å². The summed E-state index contributed by atoms with van der Waals surface area (Å²) < 4.78 is 5.93. The van der Waals surface area contributed by atoms with Crippen LogP contribution in [0.1, 0.15) is 11.1 Å². The van der Waals surface area contributed by atoms with Gasteiger partial charge in [-0.15, -0.1) is 0 Å². The molecule has 0 amide bonds. The van der Waals surface area contributed by atoms with Gasteiger partial charge in [0.05, 0.1) is 18.2 Å². The Kier molecular flexibility index (Phi) is 5.18. The molecule has 23 heavy (non-hydrogen) atoms. The highest BCUT2D eigenvalue weighted by molar-refractivity contribution is 7.98. The Morgan fingerprint density at radius 3 is 2.61 bits per heavy atom. The van der Waals surface area contributed by atoms with Crippen molar-refractivity contribution in [3.63, 3.8) is 0 Å². The summed E-state index contributed by atoms with van der Waals surface area (Å²) in [4.78, 5) is 0. The van der Waals surface area contributed by atoms with E-state index >= 15 is 0 Å². The molecule has 0 aliphatic carbocycles. The molecule has 114 valence electrons. The van der Waals surface area contributed by atoms with Crippen LogP contribution >= 0.6 is 11.8 Å². The third-order valence-corrected chi connectivity index (χ3v) is 4.60. The van der Waals surface area contributed by atoms with E-state index in [1.165, 1.54) is 5.39 Å². The number of hydrogen-bond acceptors (Lipinski definition) is 3. The molecule has 3 heteroatoms. The zero-order chi connectivity index (χ0) is 15.9. The maximum absolute atomic E-state index is 9.09. The third-order valence-electron chi connectivity index (χ3n) is 3.63. The Morgan fingerprint density at radius 1 is 0.913 bits per heavy atom. The van der Waals surface area contributed by atoms with Crippen LogP contribution in [0, 0.1) is 11.3 Å². The third kappa shape index (κ3) is 3.85. The van der Waals surface area contributed by atoms with Crippen molar-refractivity contribution in [2.24, 2.45) is 0 Å². The van der Waals surface area contributed by atoms with Crippen molar-refractivity contribution < 1.29 is 4.74 Å². The Morgan fingerprint density at radius 2 is 1.70 bits per heavy atom. The summed E-state index contributed by atoms with van der Waals surface area (Å²) in [5.74, 6) is 2.66. The SMILES string of the molecule is N#Cc1ccccc1CSCCOc1cccc2ccccc12. The second-order valence-electron chi connectivity index (χ2n) is 5.15. The molecule has 3 aromatic carbocycles. The molecule has 0 atom stereocenters. The number of nitriles is 1. The van der Waals surface area contributed by atoms with Crippen LogP contribution in [0.2, 0.25) is 0 Å². The van der Waals surface area contributed by atoms with Gasteiger partial charge in [-0.1, -0.05) is 54.6 Å². The van der Waals surface area contributed by atoms with Gasteiger partial charge < -0.3 is 4.74 Å². The maximum atomic E-state index is 9.09. The highest BCUT2D eigenvalue weighted by Crippen LogP contribution is 2.25. The first-order valence-electron chi connectivity index (χ1n) is 7.55. The summed E-state index contributed by atoms with van der Waals surface area (Å²) in [5, 5.41) is 11.4. The number of ether oxygens (including phenoxy) is 1. The first kappa shape index (κ1) is 15.5. The lowest BCUT2D eigenvalue weighted by atomic mass is 10.1. The first-order valence-corrected chi connectivity index (χ1v) is 8.70. The van der Waals surface area contributed by atoms with E-state index in [-0.39, 0.29) is 0 Å². The molecule has 0 unspecified atom stereocenters. The number of rotatable bonds is 6. The Hall–Kier alpha value is -2.44. The molecule has 3 rings (SSSR count). The molecule has 0 aliphatic rings. The lowest BCUT2D eigenvalue weighted by Gasteiger charge is -2.09. The predicted molar refractivity (Wildman–Crippen MR) is 96.8 cm³/mol. The molecular formula is C20H17NOS. The molecular weight excluding hydrogens is 302 g/mol. The van der Waals surface area contributed by atoms with Crippen molar-refractivity contribution in [1.29, 1.82) is 5.26 Å². The summed E-state index contributed by atoms with van der Waals surface area (Å²) in [5.41, 5.74) is 1.85. The van der Waals surface area contributed by atoms with Crippen LogP contribution in [0.25, 0.3) is 10.8 Å². The number of fused-ring (bicyclic) bond motifs is 1. The minimum absolute atomic E-state index is 0.660. The highest BCUT2D eigenvalue weighted by atomic mass is 32.2. The van der Waals surface area contributed by atoms with Crippen molar-refractivity contribution in [2.75, 3.05) is 12.4 Å². The predicted octanol–water partition coefficient (Wildman–Crippen LogP) is 5.02. The number of thioether (sulfide) groups is 1. The van der Waals surface area contributed by atoms with E-state index in [4.69, 9.17) is 10.00 Å². The molecule has 0 saturated heterocycles. The Bertz CT molecular complexity index is 833. The lowest BCUT2D eigenvalue weighted by molar-refractivity contribution is 0.348. The van der Waals surface area contributed by atoms with Crippen molar-refractivity contribution in [3.05, 3.63) is 77.9 Å². The molecule has 0 aromatic heterocycles. The summed E-state index contributed by atoms with van der Waals surface area (Å²) in [6, 6.07) is 24.4. The monoisotopic (exact) mass is 319 g/mol. The van der Waals surface area contributed by atoms with Crippen LogP contribution in [0.4, 0.5) is 0 Å². The molecule has 0 heterocycles. The van der Waals surface area contributed by atoms with Crippen molar-refractivity contribution in [3.8, 4) is 11.8 Å². The molecule has 0 radical (unpaired) electrons. The quantitative estimate of drug-likeness (QED) is 0.598. The summed E-state index contributed by atoms with van der Waals surface area (Å²) in [7, 11) is 0. The van der Waals surface area contributed by atoms with Crippen LogP contribution in [-0.2, 0) is 5.75 Å². The van der Waals surface area contributed by atoms with Gasteiger partial charge >= 0.3 is 0 Å². The van der Waals surface area contributed by atoms with Gasteiger partial charge in [0.2, 0.25) is 0 Å². The number of benzene rings is 3. The van der Waals surface area contributed by atoms with Gasteiger partial charge in [-0.3, -0.25) is 0 Å². The van der Waals surface area contributed by atoms with E-state index < -0.39 is 0 Å². The van der Waals surface area contributed by atoms with E-state index in [0.717, 1.165) is 33.8 Å². The minimum atomic E-state index is 0.660. The Labute approximate surface area is 140 Å². The van der Waals surface area contributed by atoms with Crippen LogP contribution in [0.3, 0.4) is 0 Å². The van der Waals surface area contributed by atoms with Gasteiger partial charge in [-0.05, 0) is 23.1 Å². The smallest absolute Gasteiger partial charge is 0.127 e. The van der Waals surface area contributed by atoms with Gasteiger partial charge in [-0.25, -0.2) is 0 Å². The molecule has 0 spiro atoms. The largest absolute Gasteiger partial charge is 0.492 e. The van der Waals surface area contributed by atoms with Crippen LogP contribution < -0.4 is 4.74 Å². The van der Waals surface area contributed by atoms with Crippen LogP contribution in [0.15, 0.2) is 66.7 Å². The highest BCUT2D eigenvalue weighted by Gasteiger charge is 2.03. The minimum Gasteiger partial charge on any atom is -0.492 e. The molecule has 2 nitrogen and oxygen atoms in total. The Balaban J connectivity index is 1.53. The van der Waals surface area contributed by atoms with Gasteiger partial charge in [0.1, 0.15) is 5.75 Å². The molecule has 3 aromatic rings. The van der Waals surface area contributed by atoms with Gasteiger partial charge in [0.25, 0.3) is 0 Å². The zero-order valence-corrected chi connectivity index (χ0v) is 13.6. The summed E-state index contributed by atoms with van der Waals surface area (Å²) in [6.45, 7) is 0.660. The van der Waals surface area contributed by atoms with E-state index in [2.05, 4.69) is 24.3 Å². The molecule has 0 N–H and O–H groups in total. The number of hydrogen-bond donors (Lipinski definition) is 0. The lowest BCUT2D eigenvalue weighted by Crippen LogP contribution is -2.01. The van der Waals surface area contributed by atoms with Crippen molar-refractivity contribution in [2.45, 2.75) is 5.75 Å². The fraction of sp³-hybridized carbons (Fsp3) is 0.150. The first-order chi connectivity index (χ1) is 11.4. The van der Waals surface area contributed by atoms with E-state index in [9.17, 15) is 0 Å². The summed E-state index contributed by atoms with van der Waals surface area (Å²) >= 11 is 1.78. The van der Waals surface area contributed by atoms with E-state index in [1.807, 2.05) is 48.5 Å². The fourth-order valence-corrected chi connectivity index (χ4v) is 3.29. The second kappa shape index (κ2) is 7.71. The average molecular weight is 319 g/mol. The van der Waals surface area contributed by atoms with Crippen molar-refractivity contribution in [1.82, 2.24) is 0 Å². The van der Waals surface area contributed by atoms with E-state index in [1.54, 1.807) is 11.8 Å². The molecule has 0 fully saturated rings. The van der Waals surface area contributed by atoms with Gasteiger partial charge in [0.15, 0.2) is 0 Å². The van der Waals surface area contributed by atoms with Crippen LogP contribution in [0.5, 0.6) is 5.75 Å². The second-order valence-corrected chi connectivity index (χ2v) is 6.25. The van der Waals surface area contributed by atoms with Gasteiger partial charge in [0, 0.05) is 16.9 Å². The zero-order valence-electron chi connectivity index (χ0n) is 12.7. The standard InChI is InChI=1S/C20H17NOS/c21-14-17-7-1-2-8-18(17)15-23-13-12-22-20-11-5-9-16-6-3-4-10-19(16)20/h1-11H,12-13,15H2. The van der Waals surface area contributed by atoms with Gasteiger partial charge in [-0.2, -0.15) is 17.0 Å². The summed E-state index contributed by atoms with van der Waals surface area (Å²) in [6.07, 6.45) is 0. The fourth-order valence-electron chi connectivity index (χ4n) is 2.47. The number of nitrogens with zero attached hydrogens (tertiary/aromatic N) is 1. The maximum Gasteiger partial charge on any atom is 0.127 e. The molecule has 0 saturated carbocycles. The molecule has 0 aliphatic heterocycles. The van der Waals surface area contributed by atoms with E-state index in [0.29, 0.717) is 6.61 Å². The average Bonchev–Trinajstić information content (AvgIpc) is 2.62.